The van der Waals surface area contributed by atoms with Gasteiger partial charge in [-0.1, -0.05) is 45.0 Å². The lowest BCUT2D eigenvalue weighted by Gasteiger charge is -2.19. The summed E-state index contributed by atoms with van der Waals surface area (Å²) in [6.07, 6.45) is 0. The van der Waals surface area contributed by atoms with Crippen molar-refractivity contribution in [2.45, 2.75) is 33.1 Å². The van der Waals surface area contributed by atoms with Crippen LogP contribution in [0, 0.1) is 0 Å². The van der Waals surface area contributed by atoms with E-state index >= 15 is 0 Å². The second-order valence-electron chi connectivity index (χ2n) is 6.71. The molecule has 0 fully saturated rings. The fourth-order valence-corrected chi connectivity index (χ4v) is 2.29. The molecular formula is C20H23NO3. The van der Waals surface area contributed by atoms with Gasteiger partial charge in [0.15, 0.2) is 12.4 Å². The van der Waals surface area contributed by atoms with Crippen LogP contribution in [0.5, 0.6) is 5.75 Å². The van der Waals surface area contributed by atoms with E-state index in [1.807, 2.05) is 24.3 Å². The molecule has 0 spiro atoms. The zero-order valence-electron chi connectivity index (χ0n) is 14.6. The van der Waals surface area contributed by atoms with Crippen molar-refractivity contribution in [3.8, 4) is 5.75 Å². The van der Waals surface area contributed by atoms with Crippen molar-refractivity contribution in [3.63, 3.8) is 0 Å². The fourth-order valence-electron chi connectivity index (χ4n) is 2.29. The Morgan fingerprint density at radius 1 is 1.00 bits per heavy atom. The van der Waals surface area contributed by atoms with Gasteiger partial charge in [0.2, 0.25) is 0 Å². The van der Waals surface area contributed by atoms with Gasteiger partial charge in [0, 0.05) is 5.56 Å². The standard InChI is InChI=1S/C20H23NO3/c1-14(22)17-7-5-6-8-18(17)21-19(23)13-24-16-11-9-15(10-12-16)20(2,3)4/h5-12H,13H2,1-4H3,(H,21,23). The number of Topliss-reactive ketones (excluding diaryl/α,β-unsaturated/α-hetero) is 1. The maximum atomic E-state index is 12.0. The Morgan fingerprint density at radius 2 is 1.62 bits per heavy atom. The minimum absolute atomic E-state index is 0.0757. The number of nitrogens with one attached hydrogen (secondary N) is 1. The maximum absolute atomic E-state index is 12.0. The van der Waals surface area contributed by atoms with Gasteiger partial charge in [0.1, 0.15) is 5.75 Å². The molecule has 4 heteroatoms. The molecule has 1 N–H and O–H groups in total. The van der Waals surface area contributed by atoms with E-state index in [4.69, 9.17) is 4.74 Å². The highest BCUT2D eigenvalue weighted by atomic mass is 16.5. The van der Waals surface area contributed by atoms with Crippen LogP contribution in [0.25, 0.3) is 0 Å². The second kappa shape index (κ2) is 7.30. The topological polar surface area (TPSA) is 55.4 Å². The lowest BCUT2D eigenvalue weighted by atomic mass is 9.87. The summed E-state index contributed by atoms with van der Waals surface area (Å²) in [4.78, 5) is 23.6. The summed E-state index contributed by atoms with van der Waals surface area (Å²) in [7, 11) is 0. The van der Waals surface area contributed by atoms with Crippen LogP contribution in [0.3, 0.4) is 0 Å². The predicted molar refractivity (Wildman–Crippen MR) is 95.7 cm³/mol. The minimum Gasteiger partial charge on any atom is -0.484 e. The Labute approximate surface area is 142 Å². The molecule has 4 nitrogen and oxygen atoms in total. The van der Waals surface area contributed by atoms with Gasteiger partial charge in [-0.3, -0.25) is 9.59 Å². The van der Waals surface area contributed by atoms with Crippen LogP contribution in [0.2, 0.25) is 0 Å². The van der Waals surface area contributed by atoms with Crippen molar-refractivity contribution in [2.75, 3.05) is 11.9 Å². The molecule has 0 bridgehead atoms. The first kappa shape index (κ1) is 17.7. The third-order valence-electron chi connectivity index (χ3n) is 3.67. The fraction of sp³-hybridized carbons (Fsp3) is 0.300. The number of ether oxygens (including phenoxy) is 1. The van der Waals surface area contributed by atoms with E-state index in [2.05, 4.69) is 26.1 Å². The number of ketones is 1. The van der Waals surface area contributed by atoms with Gasteiger partial charge in [0.05, 0.1) is 5.69 Å². The number of carbonyl (C=O) groups is 2. The van der Waals surface area contributed by atoms with Crippen LogP contribution in [-0.2, 0) is 10.2 Å². The summed E-state index contributed by atoms with van der Waals surface area (Å²) in [6.45, 7) is 7.79. The Morgan fingerprint density at radius 3 is 2.21 bits per heavy atom. The smallest absolute Gasteiger partial charge is 0.262 e. The summed E-state index contributed by atoms with van der Waals surface area (Å²) >= 11 is 0. The average molecular weight is 325 g/mol. The molecule has 24 heavy (non-hydrogen) atoms. The highest BCUT2D eigenvalue weighted by Gasteiger charge is 2.13. The summed E-state index contributed by atoms with van der Waals surface area (Å²) in [5, 5.41) is 2.71. The number of anilines is 1. The zero-order chi connectivity index (χ0) is 17.7. The molecule has 0 saturated carbocycles. The van der Waals surface area contributed by atoms with Crippen molar-refractivity contribution >= 4 is 17.4 Å². The van der Waals surface area contributed by atoms with Crippen molar-refractivity contribution in [3.05, 3.63) is 59.7 Å². The monoisotopic (exact) mass is 325 g/mol. The highest BCUT2D eigenvalue weighted by molar-refractivity contribution is 6.03. The molecule has 0 atom stereocenters. The van der Waals surface area contributed by atoms with Crippen molar-refractivity contribution in [2.24, 2.45) is 0 Å². The Bertz CT molecular complexity index is 727. The normalized spacial score (nSPS) is 11.0. The number of hydrogen-bond acceptors (Lipinski definition) is 3. The highest BCUT2D eigenvalue weighted by Crippen LogP contribution is 2.24. The van der Waals surface area contributed by atoms with Crippen LogP contribution >= 0.6 is 0 Å². The van der Waals surface area contributed by atoms with Crippen molar-refractivity contribution in [1.82, 2.24) is 0 Å². The largest absolute Gasteiger partial charge is 0.484 e. The molecule has 0 aliphatic rings. The average Bonchev–Trinajstić information content (AvgIpc) is 2.53. The van der Waals surface area contributed by atoms with Gasteiger partial charge >= 0.3 is 0 Å². The first-order chi connectivity index (χ1) is 11.3. The number of benzene rings is 2. The summed E-state index contributed by atoms with van der Waals surface area (Å²) in [6, 6.07) is 14.6. The number of para-hydroxylation sites is 1. The number of amides is 1. The third-order valence-corrected chi connectivity index (χ3v) is 3.67. The lowest BCUT2D eigenvalue weighted by molar-refractivity contribution is -0.118. The van der Waals surface area contributed by atoms with Gasteiger partial charge in [0.25, 0.3) is 5.91 Å². The molecule has 0 aliphatic carbocycles. The Hall–Kier alpha value is -2.62. The van der Waals surface area contributed by atoms with E-state index in [-0.39, 0.29) is 23.7 Å². The van der Waals surface area contributed by atoms with Gasteiger partial charge in [-0.15, -0.1) is 0 Å². The van der Waals surface area contributed by atoms with E-state index in [0.717, 1.165) is 0 Å². The zero-order valence-corrected chi connectivity index (χ0v) is 14.6. The van der Waals surface area contributed by atoms with Crippen LogP contribution in [0.15, 0.2) is 48.5 Å². The minimum atomic E-state index is -0.302. The number of rotatable bonds is 5. The Kier molecular flexibility index (Phi) is 5.39. The van der Waals surface area contributed by atoms with Crippen molar-refractivity contribution in [1.29, 1.82) is 0 Å². The molecule has 126 valence electrons. The lowest BCUT2D eigenvalue weighted by Crippen LogP contribution is -2.21. The molecule has 0 heterocycles. The molecule has 1 amide bonds. The first-order valence-electron chi connectivity index (χ1n) is 7.90. The van der Waals surface area contributed by atoms with E-state index < -0.39 is 0 Å². The van der Waals surface area contributed by atoms with Crippen LogP contribution in [-0.4, -0.2) is 18.3 Å². The number of hydrogen-bond donors (Lipinski definition) is 1. The molecule has 0 unspecified atom stereocenters. The van der Waals surface area contributed by atoms with Crippen molar-refractivity contribution < 1.29 is 14.3 Å². The molecule has 2 aromatic carbocycles. The quantitative estimate of drug-likeness (QED) is 0.838. The molecule has 2 rings (SSSR count). The van der Waals surface area contributed by atoms with Gasteiger partial charge in [-0.05, 0) is 42.2 Å². The third kappa shape index (κ3) is 4.69. The summed E-state index contributed by atoms with van der Waals surface area (Å²) in [5.74, 6) is 0.242. The molecule has 2 aromatic rings. The second-order valence-corrected chi connectivity index (χ2v) is 6.71. The van der Waals surface area contributed by atoms with E-state index in [1.165, 1.54) is 12.5 Å². The number of carbonyl (C=O) groups excluding carboxylic acids is 2. The summed E-state index contributed by atoms with van der Waals surface area (Å²) in [5.41, 5.74) is 2.27. The molecule has 0 aromatic heterocycles. The van der Waals surface area contributed by atoms with E-state index in [0.29, 0.717) is 17.0 Å². The molecule has 0 radical (unpaired) electrons. The molecule has 0 aliphatic heterocycles. The van der Waals surface area contributed by atoms with Gasteiger partial charge < -0.3 is 10.1 Å². The van der Waals surface area contributed by atoms with Gasteiger partial charge in [-0.2, -0.15) is 0 Å². The molecule has 0 saturated heterocycles. The maximum Gasteiger partial charge on any atom is 0.262 e. The Balaban J connectivity index is 1.96. The predicted octanol–water partition coefficient (Wildman–Crippen LogP) is 4.20. The van der Waals surface area contributed by atoms with E-state index in [9.17, 15) is 9.59 Å². The van der Waals surface area contributed by atoms with Gasteiger partial charge in [-0.25, -0.2) is 0 Å². The van der Waals surface area contributed by atoms with E-state index in [1.54, 1.807) is 24.3 Å². The summed E-state index contributed by atoms with van der Waals surface area (Å²) < 4.78 is 5.51. The van der Waals surface area contributed by atoms with Crippen LogP contribution < -0.4 is 10.1 Å². The SMILES string of the molecule is CC(=O)c1ccccc1NC(=O)COc1ccc(C(C)(C)C)cc1. The first-order valence-corrected chi connectivity index (χ1v) is 7.90. The molecular weight excluding hydrogens is 302 g/mol. The van der Waals surface area contributed by atoms with Crippen LogP contribution in [0.1, 0.15) is 43.6 Å². The van der Waals surface area contributed by atoms with Crippen LogP contribution in [0.4, 0.5) is 5.69 Å².